The minimum Gasteiger partial charge on any atom is -0.381 e. The van der Waals surface area contributed by atoms with Gasteiger partial charge < -0.3 is 9.26 Å². The van der Waals surface area contributed by atoms with Gasteiger partial charge in [0.25, 0.3) is 0 Å². The van der Waals surface area contributed by atoms with Crippen LogP contribution in [0, 0.1) is 13.8 Å². The van der Waals surface area contributed by atoms with Crippen LogP contribution in [0.4, 0.5) is 0 Å². The number of aromatic nitrogens is 4. The van der Waals surface area contributed by atoms with Crippen LogP contribution in [0.25, 0.3) is 5.69 Å². The van der Waals surface area contributed by atoms with Gasteiger partial charge in [0.2, 0.25) is 5.89 Å². The molecular formula is C18H20N4O2. The number of hydrogen-bond acceptors (Lipinski definition) is 5. The van der Waals surface area contributed by atoms with Gasteiger partial charge in [-0.2, -0.15) is 10.1 Å². The summed E-state index contributed by atoms with van der Waals surface area (Å²) in [6.45, 7) is 5.55. The van der Waals surface area contributed by atoms with Crippen molar-refractivity contribution in [1.82, 2.24) is 19.9 Å². The van der Waals surface area contributed by atoms with Gasteiger partial charge in [-0.3, -0.25) is 0 Å². The summed E-state index contributed by atoms with van der Waals surface area (Å²) in [7, 11) is 0. The molecule has 0 saturated carbocycles. The van der Waals surface area contributed by atoms with E-state index in [0.717, 1.165) is 41.5 Å². The zero-order chi connectivity index (χ0) is 16.5. The van der Waals surface area contributed by atoms with Crippen LogP contribution in [0.2, 0.25) is 0 Å². The van der Waals surface area contributed by atoms with Gasteiger partial charge in [0.15, 0.2) is 5.82 Å². The van der Waals surface area contributed by atoms with E-state index in [0.29, 0.717) is 18.9 Å². The van der Waals surface area contributed by atoms with Crippen LogP contribution in [-0.2, 0) is 11.2 Å². The third-order valence-electron chi connectivity index (χ3n) is 4.55. The first-order chi connectivity index (χ1) is 11.7. The topological polar surface area (TPSA) is 66.0 Å². The van der Waals surface area contributed by atoms with Crippen LogP contribution in [0.5, 0.6) is 0 Å². The second-order valence-electron chi connectivity index (χ2n) is 6.18. The molecule has 1 fully saturated rings. The van der Waals surface area contributed by atoms with Crippen LogP contribution in [-0.4, -0.2) is 33.1 Å². The van der Waals surface area contributed by atoms with Crippen LogP contribution in [0.3, 0.4) is 0 Å². The van der Waals surface area contributed by atoms with Gasteiger partial charge in [-0.1, -0.05) is 23.4 Å². The third kappa shape index (κ3) is 2.73. The molecule has 0 N–H and O–H groups in total. The maximum Gasteiger partial charge on any atom is 0.231 e. The number of aryl methyl sites for hydroxylation is 1. The molecule has 2 aromatic heterocycles. The van der Waals surface area contributed by atoms with Crippen molar-refractivity contribution in [1.29, 1.82) is 0 Å². The van der Waals surface area contributed by atoms with Crippen molar-refractivity contribution < 1.29 is 9.26 Å². The van der Waals surface area contributed by atoms with Gasteiger partial charge in [-0.15, -0.1) is 0 Å². The van der Waals surface area contributed by atoms with Crippen LogP contribution >= 0.6 is 0 Å². The third-order valence-corrected chi connectivity index (χ3v) is 4.55. The highest BCUT2D eigenvalue weighted by molar-refractivity contribution is 5.37. The summed E-state index contributed by atoms with van der Waals surface area (Å²) in [4.78, 5) is 4.56. The summed E-state index contributed by atoms with van der Waals surface area (Å²) < 4.78 is 12.8. The SMILES string of the molecule is Cc1nn(-c2ccccc2)c(C)c1Cc1nc(C2CCOC2)no1. The molecule has 1 aliphatic rings. The molecular weight excluding hydrogens is 304 g/mol. The number of para-hydroxylation sites is 1. The molecule has 24 heavy (non-hydrogen) atoms. The number of ether oxygens (including phenoxy) is 1. The summed E-state index contributed by atoms with van der Waals surface area (Å²) in [5, 5.41) is 8.79. The normalized spacial score (nSPS) is 17.5. The summed E-state index contributed by atoms with van der Waals surface area (Å²) in [5.74, 6) is 1.65. The first-order valence-electron chi connectivity index (χ1n) is 8.23. The van der Waals surface area contributed by atoms with Crippen LogP contribution in [0.15, 0.2) is 34.9 Å². The van der Waals surface area contributed by atoms with Gasteiger partial charge in [-0.05, 0) is 32.4 Å². The van der Waals surface area contributed by atoms with Crippen molar-refractivity contribution in [3.63, 3.8) is 0 Å². The maximum absolute atomic E-state index is 5.45. The van der Waals surface area contributed by atoms with E-state index in [9.17, 15) is 0 Å². The monoisotopic (exact) mass is 324 g/mol. The molecule has 1 aliphatic heterocycles. The Kier molecular flexibility index (Phi) is 3.90. The minimum atomic E-state index is 0.261. The van der Waals surface area contributed by atoms with E-state index in [1.807, 2.05) is 41.9 Å². The molecule has 1 saturated heterocycles. The molecule has 0 amide bonds. The molecule has 4 rings (SSSR count). The van der Waals surface area contributed by atoms with Gasteiger partial charge in [0.1, 0.15) is 0 Å². The molecule has 1 atom stereocenters. The predicted molar refractivity (Wildman–Crippen MR) is 88.3 cm³/mol. The molecule has 0 bridgehead atoms. The number of benzene rings is 1. The highest BCUT2D eigenvalue weighted by Gasteiger charge is 2.24. The first kappa shape index (κ1) is 15.1. The zero-order valence-electron chi connectivity index (χ0n) is 13.9. The Bertz CT molecular complexity index is 832. The van der Waals surface area contributed by atoms with E-state index in [1.54, 1.807) is 0 Å². The zero-order valence-corrected chi connectivity index (χ0v) is 13.9. The van der Waals surface area contributed by atoms with E-state index < -0.39 is 0 Å². The lowest BCUT2D eigenvalue weighted by molar-refractivity contribution is 0.192. The van der Waals surface area contributed by atoms with Crippen LogP contribution in [0.1, 0.15) is 41.0 Å². The van der Waals surface area contributed by atoms with Gasteiger partial charge in [-0.25, -0.2) is 4.68 Å². The van der Waals surface area contributed by atoms with Crippen molar-refractivity contribution in [3.05, 3.63) is 59.0 Å². The van der Waals surface area contributed by atoms with E-state index in [2.05, 4.69) is 22.2 Å². The molecule has 0 radical (unpaired) electrons. The Labute approximate surface area is 140 Å². The average molecular weight is 324 g/mol. The summed E-state index contributed by atoms with van der Waals surface area (Å²) in [6.07, 6.45) is 1.56. The van der Waals surface area contributed by atoms with E-state index in [4.69, 9.17) is 9.26 Å². The van der Waals surface area contributed by atoms with Crippen molar-refractivity contribution in [2.24, 2.45) is 0 Å². The largest absolute Gasteiger partial charge is 0.381 e. The Morgan fingerprint density at radius 3 is 2.79 bits per heavy atom. The second kappa shape index (κ2) is 6.20. The number of hydrogen-bond donors (Lipinski definition) is 0. The summed E-state index contributed by atoms with van der Waals surface area (Å²) in [5.41, 5.74) is 4.28. The van der Waals surface area contributed by atoms with E-state index in [1.165, 1.54) is 0 Å². The van der Waals surface area contributed by atoms with E-state index >= 15 is 0 Å². The Balaban J connectivity index is 1.60. The quantitative estimate of drug-likeness (QED) is 0.738. The molecule has 3 aromatic rings. The first-order valence-corrected chi connectivity index (χ1v) is 8.23. The number of nitrogens with zero attached hydrogens (tertiary/aromatic N) is 4. The lowest BCUT2D eigenvalue weighted by Crippen LogP contribution is -2.01. The lowest BCUT2D eigenvalue weighted by atomic mass is 10.1. The van der Waals surface area contributed by atoms with Crippen molar-refractivity contribution in [2.45, 2.75) is 32.6 Å². The molecule has 6 nitrogen and oxygen atoms in total. The van der Waals surface area contributed by atoms with Gasteiger partial charge >= 0.3 is 0 Å². The Morgan fingerprint density at radius 1 is 1.21 bits per heavy atom. The van der Waals surface area contributed by atoms with Crippen LogP contribution < -0.4 is 0 Å². The van der Waals surface area contributed by atoms with Gasteiger partial charge in [0.05, 0.1) is 24.4 Å². The van der Waals surface area contributed by atoms with Crippen molar-refractivity contribution in [3.8, 4) is 5.69 Å². The predicted octanol–water partition coefficient (Wildman–Crippen LogP) is 2.97. The smallest absolute Gasteiger partial charge is 0.231 e. The van der Waals surface area contributed by atoms with E-state index in [-0.39, 0.29) is 5.92 Å². The average Bonchev–Trinajstić information content (AvgIpc) is 3.32. The fourth-order valence-electron chi connectivity index (χ4n) is 3.15. The van der Waals surface area contributed by atoms with Gasteiger partial charge in [0, 0.05) is 23.8 Å². The highest BCUT2D eigenvalue weighted by Crippen LogP contribution is 2.24. The van der Waals surface area contributed by atoms with Crippen molar-refractivity contribution >= 4 is 0 Å². The highest BCUT2D eigenvalue weighted by atomic mass is 16.5. The Hall–Kier alpha value is -2.47. The second-order valence-corrected chi connectivity index (χ2v) is 6.18. The maximum atomic E-state index is 5.45. The molecule has 124 valence electrons. The number of rotatable bonds is 4. The molecule has 6 heteroatoms. The fraction of sp³-hybridized carbons (Fsp3) is 0.389. The summed E-state index contributed by atoms with van der Waals surface area (Å²) >= 11 is 0. The molecule has 3 heterocycles. The Morgan fingerprint density at radius 2 is 2.04 bits per heavy atom. The molecule has 1 unspecified atom stereocenters. The summed E-state index contributed by atoms with van der Waals surface area (Å²) in [6, 6.07) is 10.1. The molecule has 0 spiro atoms. The lowest BCUT2D eigenvalue weighted by Gasteiger charge is -2.04. The molecule has 0 aliphatic carbocycles. The standard InChI is InChI=1S/C18H20N4O2/c1-12-16(13(2)22(20-12)15-6-4-3-5-7-15)10-17-19-18(21-24-17)14-8-9-23-11-14/h3-7,14H,8-11H2,1-2H3. The fourth-order valence-corrected chi connectivity index (χ4v) is 3.15. The minimum absolute atomic E-state index is 0.261. The molecule has 1 aromatic carbocycles. The van der Waals surface area contributed by atoms with Crippen molar-refractivity contribution in [2.75, 3.05) is 13.2 Å².